The van der Waals surface area contributed by atoms with Gasteiger partial charge in [0.25, 0.3) is 5.56 Å². The van der Waals surface area contributed by atoms with Gasteiger partial charge in [0.1, 0.15) is 6.04 Å². The number of aromatic nitrogens is 2. The van der Waals surface area contributed by atoms with Crippen molar-refractivity contribution in [3.8, 4) is 0 Å². The minimum Gasteiger partial charge on any atom is -0.354 e. The highest BCUT2D eigenvalue weighted by Crippen LogP contribution is 2.11. The third-order valence-electron chi connectivity index (χ3n) is 4.51. The van der Waals surface area contributed by atoms with Gasteiger partial charge in [-0.1, -0.05) is 12.1 Å². The molecule has 0 bridgehead atoms. The largest absolute Gasteiger partial charge is 0.354 e. The fourth-order valence-corrected chi connectivity index (χ4v) is 3.06. The number of nitrogens with one attached hydrogen (secondary N) is 2. The summed E-state index contributed by atoms with van der Waals surface area (Å²) < 4.78 is 1.44. The second kappa shape index (κ2) is 7.46. The molecule has 1 aliphatic heterocycles. The van der Waals surface area contributed by atoms with Gasteiger partial charge in [0.15, 0.2) is 0 Å². The van der Waals surface area contributed by atoms with Crippen LogP contribution < -0.4 is 16.2 Å². The standard InChI is InChI=1S/C18H22N4O3/c1-12-5-4-6-13-16(12)20-11-22(18(13)25)10-8-15(23)21-14-7-2-3-9-19-17(14)24/h4-6,11,14H,2-3,7-10H2,1H3,(H,19,24)(H,21,23)/t14-/m0/s1. The minimum atomic E-state index is -0.482. The molecule has 1 atom stereocenters. The van der Waals surface area contributed by atoms with Gasteiger partial charge in [-0.05, 0) is 37.8 Å². The number of hydrogen-bond donors (Lipinski definition) is 2. The number of nitrogens with zero attached hydrogens (tertiary/aromatic N) is 2. The number of fused-ring (bicyclic) bond motifs is 1. The molecule has 3 rings (SSSR count). The lowest BCUT2D eigenvalue weighted by Gasteiger charge is -2.15. The van der Waals surface area contributed by atoms with E-state index in [0.29, 0.717) is 23.9 Å². The fourth-order valence-electron chi connectivity index (χ4n) is 3.06. The molecule has 2 heterocycles. The summed E-state index contributed by atoms with van der Waals surface area (Å²) >= 11 is 0. The van der Waals surface area contributed by atoms with Crippen molar-refractivity contribution in [1.29, 1.82) is 0 Å². The zero-order valence-electron chi connectivity index (χ0n) is 14.2. The van der Waals surface area contributed by atoms with E-state index in [4.69, 9.17) is 0 Å². The number of carbonyl (C=O) groups is 2. The summed E-state index contributed by atoms with van der Waals surface area (Å²) in [7, 11) is 0. The van der Waals surface area contributed by atoms with Gasteiger partial charge in [0.2, 0.25) is 11.8 Å². The van der Waals surface area contributed by atoms with E-state index in [2.05, 4.69) is 15.6 Å². The average Bonchev–Trinajstić information content (AvgIpc) is 2.80. The molecule has 1 fully saturated rings. The monoisotopic (exact) mass is 342 g/mol. The van der Waals surface area contributed by atoms with Crippen LogP contribution in [0.3, 0.4) is 0 Å². The summed E-state index contributed by atoms with van der Waals surface area (Å²) in [6.07, 6.45) is 4.08. The smallest absolute Gasteiger partial charge is 0.261 e. The van der Waals surface area contributed by atoms with Crippen LogP contribution in [-0.4, -0.2) is 34.0 Å². The van der Waals surface area contributed by atoms with Gasteiger partial charge in [0, 0.05) is 19.5 Å². The molecule has 7 nitrogen and oxygen atoms in total. The van der Waals surface area contributed by atoms with Crippen LogP contribution >= 0.6 is 0 Å². The van der Waals surface area contributed by atoms with Crippen LogP contribution in [0.5, 0.6) is 0 Å². The summed E-state index contributed by atoms with van der Waals surface area (Å²) in [5, 5.41) is 6.09. The first-order valence-corrected chi connectivity index (χ1v) is 8.58. The third kappa shape index (κ3) is 3.87. The molecule has 132 valence electrons. The Bertz CT molecular complexity index is 859. The molecule has 2 amide bonds. The van der Waals surface area contributed by atoms with E-state index in [0.717, 1.165) is 18.4 Å². The van der Waals surface area contributed by atoms with Crippen molar-refractivity contribution >= 4 is 22.7 Å². The molecule has 1 saturated heterocycles. The normalized spacial score (nSPS) is 17.8. The first kappa shape index (κ1) is 17.1. The number of aryl methyl sites for hydroxylation is 2. The summed E-state index contributed by atoms with van der Waals surface area (Å²) in [5.41, 5.74) is 1.47. The molecular weight excluding hydrogens is 320 g/mol. The number of rotatable bonds is 4. The molecule has 0 radical (unpaired) electrons. The molecule has 1 aliphatic rings. The van der Waals surface area contributed by atoms with Crippen molar-refractivity contribution in [3.05, 3.63) is 40.4 Å². The highest BCUT2D eigenvalue weighted by Gasteiger charge is 2.22. The zero-order valence-corrected chi connectivity index (χ0v) is 14.2. The molecule has 2 aromatic rings. The van der Waals surface area contributed by atoms with Crippen LogP contribution in [0, 0.1) is 6.92 Å². The molecule has 0 saturated carbocycles. The Hall–Kier alpha value is -2.70. The summed E-state index contributed by atoms with van der Waals surface area (Å²) in [6, 6.07) is 4.99. The Balaban J connectivity index is 1.66. The number of hydrogen-bond acceptors (Lipinski definition) is 4. The van der Waals surface area contributed by atoms with Gasteiger partial charge >= 0.3 is 0 Å². The minimum absolute atomic E-state index is 0.128. The average molecular weight is 342 g/mol. The Kier molecular flexibility index (Phi) is 5.11. The molecule has 0 aliphatic carbocycles. The fraction of sp³-hybridized carbons (Fsp3) is 0.444. The van der Waals surface area contributed by atoms with Crippen molar-refractivity contribution in [2.24, 2.45) is 0 Å². The Labute approximate surface area is 145 Å². The van der Waals surface area contributed by atoms with Crippen LogP contribution in [0.2, 0.25) is 0 Å². The van der Waals surface area contributed by atoms with E-state index in [1.165, 1.54) is 10.9 Å². The molecular formula is C18H22N4O3. The van der Waals surface area contributed by atoms with E-state index in [1.807, 2.05) is 19.1 Å². The van der Waals surface area contributed by atoms with E-state index in [1.54, 1.807) is 6.07 Å². The van der Waals surface area contributed by atoms with Crippen LogP contribution in [0.4, 0.5) is 0 Å². The first-order chi connectivity index (χ1) is 12.1. The van der Waals surface area contributed by atoms with Crippen LogP contribution in [0.25, 0.3) is 10.9 Å². The van der Waals surface area contributed by atoms with E-state index >= 15 is 0 Å². The lowest BCUT2D eigenvalue weighted by Crippen LogP contribution is -2.45. The lowest BCUT2D eigenvalue weighted by atomic mass is 10.1. The highest BCUT2D eigenvalue weighted by atomic mass is 16.2. The van der Waals surface area contributed by atoms with Gasteiger partial charge in [0.05, 0.1) is 17.2 Å². The highest BCUT2D eigenvalue weighted by molar-refractivity contribution is 5.87. The van der Waals surface area contributed by atoms with Crippen LogP contribution in [0.15, 0.2) is 29.3 Å². The predicted octanol–water partition coefficient (Wildman–Crippen LogP) is 0.880. The summed E-state index contributed by atoms with van der Waals surface area (Å²) in [6.45, 7) is 2.79. The number of benzene rings is 1. The van der Waals surface area contributed by atoms with Crippen molar-refractivity contribution in [3.63, 3.8) is 0 Å². The summed E-state index contributed by atoms with van der Waals surface area (Å²) in [4.78, 5) is 40.8. The predicted molar refractivity (Wildman–Crippen MR) is 94.1 cm³/mol. The van der Waals surface area contributed by atoms with Crippen molar-refractivity contribution < 1.29 is 9.59 Å². The third-order valence-corrected chi connectivity index (χ3v) is 4.51. The molecule has 25 heavy (non-hydrogen) atoms. The number of para-hydroxylation sites is 1. The quantitative estimate of drug-likeness (QED) is 0.863. The maximum atomic E-state index is 12.5. The van der Waals surface area contributed by atoms with Gasteiger partial charge in [-0.3, -0.25) is 19.0 Å². The van der Waals surface area contributed by atoms with Gasteiger partial charge in [-0.15, -0.1) is 0 Å². The first-order valence-electron chi connectivity index (χ1n) is 8.58. The number of carbonyl (C=O) groups excluding carboxylic acids is 2. The Morgan fingerprint density at radius 1 is 1.36 bits per heavy atom. The van der Waals surface area contributed by atoms with Crippen molar-refractivity contribution in [1.82, 2.24) is 20.2 Å². The van der Waals surface area contributed by atoms with E-state index in [9.17, 15) is 14.4 Å². The molecule has 1 aromatic heterocycles. The van der Waals surface area contributed by atoms with Crippen LogP contribution in [0.1, 0.15) is 31.2 Å². The molecule has 0 unspecified atom stereocenters. The second-order valence-corrected chi connectivity index (χ2v) is 6.37. The topological polar surface area (TPSA) is 93.1 Å². The SMILES string of the molecule is Cc1cccc2c(=O)n(CCC(=O)N[C@H]3CCCCNC3=O)cnc12. The van der Waals surface area contributed by atoms with Crippen molar-refractivity contribution in [2.45, 2.75) is 45.2 Å². The van der Waals surface area contributed by atoms with E-state index in [-0.39, 0.29) is 30.3 Å². The second-order valence-electron chi connectivity index (χ2n) is 6.37. The Morgan fingerprint density at radius 3 is 3.04 bits per heavy atom. The molecule has 7 heteroatoms. The molecule has 1 aromatic carbocycles. The molecule has 0 spiro atoms. The van der Waals surface area contributed by atoms with Gasteiger partial charge in [-0.2, -0.15) is 0 Å². The van der Waals surface area contributed by atoms with Gasteiger partial charge < -0.3 is 10.6 Å². The maximum Gasteiger partial charge on any atom is 0.261 e. The van der Waals surface area contributed by atoms with Gasteiger partial charge in [-0.25, -0.2) is 4.98 Å². The molecule has 2 N–H and O–H groups in total. The number of amides is 2. The van der Waals surface area contributed by atoms with E-state index < -0.39 is 6.04 Å². The zero-order chi connectivity index (χ0) is 17.8. The lowest BCUT2D eigenvalue weighted by molar-refractivity contribution is -0.128. The Morgan fingerprint density at radius 2 is 2.20 bits per heavy atom. The van der Waals surface area contributed by atoms with Crippen LogP contribution in [-0.2, 0) is 16.1 Å². The summed E-state index contributed by atoms with van der Waals surface area (Å²) in [5.74, 6) is -0.371. The van der Waals surface area contributed by atoms with Crippen molar-refractivity contribution in [2.75, 3.05) is 6.54 Å². The maximum absolute atomic E-state index is 12.5.